The molecule has 0 bridgehead atoms. The summed E-state index contributed by atoms with van der Waals surface area (Å²) < 4.78 is 28.5. The Morgan fingerprint density at radius 1 is 0.975 bits per heavy atom. The Labute approximate surface area is 238 Å². The average Bonchev–Trinajstić information content (AvgIpc) is 3.41. The molecule has 12 heteroatoms. The first-order valence-corrected chi connectivity index (χ1v) is 15.5. The summed E-state index contributed by atoms with van der Waals surface area (Å²) in [6.45, 7) is 2.88. The number of piperazine rings is 1. The molecule has 3 aromatic rings. The Kier molecular flexibility index (Phi) is 9.90. The van der Waals surface area contributed by atoms with Crippen LogP contribution in [0.15, 0.2) is 65.6 Å². The van der Waals surface area contributed by atoms with E-state index in [2.05, 4.69) is 10.0 Å². The predicted molar refractivity (Wildman–Crippen MR) is 153 cm³/mol. The predicted octanol–water partition coefficient (Wildman–Crippen LogP) is 2.06. The molecule has 3 amide bonds. The van der Waals surface area contributed by atoms with Crippen molar-refractivity contribution in [3.8, 4) is 0 Å². The summed E-state index contributed by atoms with van der Waals surface area (Å²) in [6.07, 6.45) is 0.976. The summed E-state index contributed by atoms with van der Waals surface area (Å²) in [5.74, 6) is -0.621. The number of amides is 3. The highest BCUT2D eigenvalue weighted by Gasteiger charge is 2.31. The quantitative estimate of drug-likeness (QED) is 0.315. The van der Waals surface area contributed by atoms with Crippen LogP contribution in [-0.4, -0.2) is 86.4 Å². The zero-order valence-corrected chi connectivity index (χ0v) is 23.9. The number of sulfonamides is 1. The van der Waals surface area contributed by atoms with Gasteiger partial charge in [-0.2, -0.15) is 4.72 Å². The van der Waals surface area contributed by atoms with Gasteiger partial charge in [-0.3, -0.25) is 14.4 Å². The topological polar surface area (TPSA) is 136 Å². The van der Waals surface area contributed by atoms with Gasteiger partial charge < -0.3 is 20.2 Å². The number of rotatable bonds is 11. The fourth-order valence-electron chi connectivity index (χ4n) is 4.56. The smallest absolute Gasteiger partial charge is 0.261 e. The third-order valence-corrected chi connectivity index (χ3v) is 9.47. The molecule has 1 aromatic heterocycles. The van der Waals surface area contributed by atoms with Crippen molar-refractivity contribution in [1.29, 1.82) is 0 Å². The molecule has 0 aliphatic carbocycles. The van der Waals surface area contributed by atoms with Crippen LogP contribution in [0.25, 0.3) is 10.1 Å². The minimum atomic E-state index is -3.98. The zero-order chi connectivity index (χ0) is 28.7. The highest BCUT2D eigenvalue weighted by Crippen LogP contribution is 2.25. The van der Waals surface area contributed by atoms with Gasteiger partial charge in [0, 0.05) is 43.8 Å². The normalized spacial score (nSPS) is 15.6. The molecule has 1 fully saturated rings. The standard InChI is InChI=1S/C28H34N4O6S2/c1-20(11-12-29-27(35)25-18-21-7-5-6-10-24(21)39-25)17-26(34)31-13-15-32(16-14-31)28(36)23(19-33)30-40(37,38)22-8-3-2-4-9-22/h2-10,18,20,23,30,33H,11-17,19H2,1H3,(H,29,35)/t20?,23-/m0/s1. The lowest BCUT2D eigenvalue weighted by atomic mass is 10.0. The van der Waals surface area contributed by atoms with E-state index in [1.54, 1.807) is 23.1 Å². The van der Waals surface area contributed by atoms with Gasteiger partial charge in [-0.25, -0.2) is 8.42 Å². The maximum absolute atomic E-state index is 12.9. The van der Waals surface area contributed by atoms with Crippen LogP contribution in [0, 0.1) is 5.92 Å². The van der Waals surface area contributed by atoms with Crippen molar-refractivity contribution in [2.45, 2.75) is 30.7 Å². The minimum absolute atomic E-state index is 0.00503. The maximum atomic E-state index is 12.9. The van der Waals surface area contributed by atoms with Crippen LogP contribution < -0.4 is 10.0 Å². The first-order chi connectivity index (χ1) is 19.2. The van der Waals surface area contributed by atoms with Crippen molar-refractivity contribution in [1.82, 2.24) is 19.8 Å². The van der Waals surface area contributed by atoms with Crippen LogP contribution in [0.3, 0.4) is 0 Å². The second-order valence-electron chi connectivity index (χ2n) is 9.88. The van der Waals surface area contributed by atoms with Gasteiger partial charge in [0.25, 0.3) is 5.91 Å². The van der Waals surface area contributed by atoms with E-state index in [9.17, 15) is 27.9 Å². The van der Waals surface area contributed by atoms with Crippen molar-refractivity contribution in [3.63, 3.8) is 0 Å². The summed E-state index contributed by atoms with van der Waals surface area (Å²) in [7, 11) is -3.98. The van der Waals surface area contributed by atoms with Crippen molar-refractivity contribution in [2.75, 3.05) is 39.3 Å². The molecule has 40 heavy (non-hydrogen) atoms. The molecule has 214 valence electrons. The van der Waals surface area contributed by atoms with E-state index in [1.165, 1.54) is 28.4 Å². The second kappa shape index (κ2) is 13.4. The monoisotopic (exact) mass is 586 g/mol. The van der Waals surface area contributed by atoms with Crippen LogP contribution in [0.1, 0.15) is 29.4 Å². The van der Waals surface area contributed by atoms with Gasteiger partial charge in [0.2, 0.25) is 21.8 Å². The molecule has 3 N–H and O–H groups in total. The van der Waals surface area contributed by atoms with Crippen molar-refractivity contribution in [2.24, 2.45) is 5.92 Å². The van der Waals surface area contributed by atoms with Gasteiger partial charge in [-0.1, -0.05) is 43.3 Å². The maximum Gasteiger partial charge on any atom is 0.261 e. The summed E-state index contributed by atoms with van der Waals surface area (Å²) in [5, 5.41) is 13.7. The van der Waals surface area contributed by atoms with Crippen molar-refractivity contribution >= 4 is 49.2 Å². The Bertz CT molecular complexity index is 1400. The average molecular weight is 587 g/mol. The number of benzene rings is 2. The number of carbonyl (C=O) groups is 3. The van der Waals surface area contributed by atoms with Crippen molar-refractivity contribution in [3.05, 3.63) is 65.5 Å². The molecule has 0 radical (unpaired) electrons. The SMILES string of the molecule is CC(CCNC(=O)c1cc2ccccc2s1)CC(=O)N1CCN(C(=O)[C@H](CO)NS(=O)(=O)c2ccccc2)CC1. The molecule has 1 aliphatic heterocycles. The Morgan fingerprint density at radius 3 is 2.30 bits per heavy atom. The minimum Gasteiger partial charge on any atom is -0.394 e. The van der Waals surface area contributed by atoms with Crippen LogP contribution in [0.5, 0.6) is 0 Å². The van der Waals surface area contributed by atoms with Crippen LogP contribution in [0.2, 0.25) is 0 Å². The first-order valence-electron chi connectivity index (χ1n) is 13.2. The van der Waals surface area contributed by atoms with E-state index in [4.69, 9.17) is 0 Å². The Morgan fingerprint density at radius 2 is 1.62 bits per heavy atom. The van der Waals surface area contributed by atoms with Crippen LogP contribution in [0.4, 0.5) is 0 Å². The number of nitrogens with zero attached hydrogens (tertiary/aromatic N) is 2. The van der Waals surface area contributed by atoms with Gasteiger partial charge in [0.1, 0.15) is 6.04 Å². The molecule has 1 unspecified atom stereocenters. The number of fused-ring (bicyclic) bond motifs is 1. The largest absolute Gasteiger partial charge is 0.394 e. The number of nitrogens with one attached hydrogen (secondary N) is 2. The van der Waals surface area contributed by atoms with E-state index in [0.717, 1.165) is 10.1 Å². The second-order valence-corrected chi connectivity index (χ2v) is 12.7. The highest BCUT2D eigenvalue weighted by atomic mass is 32.2. The van der Waals surface area contributed by atoms with Gasteiger partial charge in [0.15, 0.2) is 0 Å². The lowest BCUT2D eigenvalue weighted by Crippen LogP contribution is -2.56. The van der Waals surface area contributed by atoms with Gasteiger partial charge in [-0.15, -0.1) is 11.3 Å². The lowest BCUT2D eigenvalue weighted by Gasteiger charge is -2.36. The molecule has 0 spiro atoms. The molecule has 2 aromatic carbocycles. The number of carbonyl (C=O) groups excluding carboxylic acids is 3. The third kappa shape index (κ3) is 7.45. The number of aliphatic hydroxyl groups is 1. The fraction of sp³-hybridized carbons (Fsp3) is 0.393. The van der Waals surface area contributed by atoms with Crippen LogP contribution >= 0.6 is 11.3 Å². The molecular weight excluding hydrogens is 552 g/mol. The molecule has 2 heterocycles. The summed E-state index contributed by atoms with van der Waals surface area (Å²) >= 11 is 1.45. The number of hydrogen-bond donors (Lipinski definition) is 3. The lowest BCUT2D eigenvalue weighted by molar-refractivity contribution is -0.141. The molecule has 4 rings (SSSR count). The Hall–Kier alpha value is -3.32. The van der Waals surface area contributed by atoms with Gasteiger partial charge >= 0.3 is 0 Å². The molecule has 1 saturated heterocycles. The third-order valence-electron chi connectivity index (χ3n) is 6.87. The summed E-state index contributed by atoms with van der Waals surface area (Å²) in [4.78, 5) is 42.1. The Balaban J connectivity index is 1.19. The summed E-state index contributed by atoms with van der Waals surface area (Å²) in [5.41, 5.74) is 0. The number of aliphatic hydroxyl groups excluding tert-OH is 1. The first kappa shape index (κ1) is 29.7. The van der Waals surface area contributed by atoms with Gasteiger partial charge in [0.05, 0.1) is 16.4 Å². The van der Waals surface area contributed by atoms with E-state index < -0.39 is 28.6 Å². The van der Waals surface area contributed by atoms with E-state index in [0.29, 0.717) is 37.4 Å². The van der Waals surface area contributed by atoms with E-state index in [-0.39, 0.29) is 35.7 Å². The van der Waals surface area contributed by atoms with E-state index >= 15 is 0 Å². The number of thiophene rings is 1. The molecule has 0 saturated carbocycles. The van der Waals surface area contributed by atoms with Crippen LogP contribution in [-0.2, 0) is 19.6 Å². The van der Waals surface area contributed by atoms with Gasteiger partial charge in [-0.05, 0) is 42.0 Å². The summed E-state index contributed by atoms with van der Waals surface area (Å²) in [6, 6.07) is 16.1. The zero-order valence-electron chi connectivity index (χ0n) is 22.3. The molecule has 2 atom stereocenters. The highest BCUT2D eigenvalue weighted by molar-refractivity contribution is 7.89. The fourth-order valence-corrected chi connectivity index (χ4v) is 6.74. The molecular formula is C28H34N4O6S2. The van der Waals surface area contributed by atoms with Crippen molar-refractivity contribution < 1.29 is 27.9 Å². The number of hydrogen-bond acceptors (Lipinski definition) is 7. The molecule has 10 nitrogen and oxygen atoms in total. The molecule has 1 aliphatic rings. The van der Waals surface area contributed by atoms with E-state index in [1.807, 2.05) is 37.3 Å².